The zero-order chi connectivity index (χ0) is 14.1. The van der Waals surface area contributed by atoms with Crippen LogP contribution in [0.25, 0.3) is 0 Å². The van der Waals surface area contributed by atoms with E-state index in [-0.39, 0.29) is 5.41 Å². The molecule has 1 aromatic rings. The van der Waals surface area contributed by atoms with E-state index in [0.717, 1.165) is 29.2 Å². The summed E-state index contributed by atoms with van der Waals surface area (Å²) >= 11 is 1.85. The summed E-state index contributed by atoms with van der Waals surface area (Å²) in [6, 6.07) is 6.18. The molecule has 0 amide bonds. The summed E-state index contributed by atoms with van der Waals surface area (Å²) in [4.78, 5) is 0. The van der Waals surface area contributed by atoms with Crippen LogP contribution in [0.5, 0.6) is 5.75 Å². The van der Waals surface area contributed by atoms with Gasteiger partial charge in [-0.1, -0.05) is 31.5 Å². The third-order valence-electron chi connectivity index (χ3n) is 4.39. The number of aryl methyl sites for hydroxylation is 1. The quantitative estimate of drug-likeness (QED) is 0.919. The lowest BCUT2D eigenvalue weighted by atomic mass is 9.70. The second-order valence-corrected chi connectivity index (χ2v) is 7.32. The predicted molar refractivity (Wildman–Crippen MR) is 82.1 cm³/mol. The molecule has 0 bridgehead atoms. The van der Waals surface area contributed by atoms with Gasteiger partial charge in [0.1, 0.15) is 5.75 Å². The maximum absolute atomic E-state index is 11.1. The van der Waals surface area contributed by atoms with Crippen LogP contribution in [0.2, 0.25) is 0 Å². The minimum absolute atomic E-state index is 0.0486. The van der Waals surface area contributed by atoms with Crippen LogP contribution in [0.3, 0.4) is 0 Å². The van der Waals surface area contributed by atoms with Gasteiger partial charge in [0, 0.05) is 12.2 Å². The molecule has 0 aromatic heterocycles. The van der Waals surface area contributed by atoms with Crippen LogP contribution in [0.1, 0.15) is 31.4 Å². The first-order valence-corrected chi connectivity index (χ1v) is 7.97. The van der Waals surface area contributed by atoms with Gasteiger partial charge in [0.25, 0.3) is 0 Å². The Bertz CT molecular complexity index is 456. The number of thioether (sulfide) groups is 1. The SMILES string of the molecule is COc1ccc(C)cc1CC1(O)CSCCC1(C)C. The maximum atomic E-state index is 11.1. The van der Waals surface area contributed by atoms with Crippen LogP contribution >= 0.6 is 11.8 Å². The van der Waals surface area contributed by atoms with E-state index >= 15 is 0 Å². The fourth-order valence-electron chi connectivity index (χ4n) is 2.65. The van der Waals surface area contributed by atoms with Crippen LogP contribution in [0.15, 0.2) is 18.2 Å². The zero-order valence-corrected chi connectivity index (χ0v) is 13.1. The molecule has 1 N–H and O–H groups in total. The van der Waals surface area contributed by atoms with Crippen LogP contribution in [0, 0.1) is 12.3 Å². The molecular formula is C16H24O2S. The highest BCUT2D eigenvalue weighted by Gasteiger charge is 2.45. The lowest BCUT2D eigenvalue weighted by Crippen LogP contribution is -2.51. The van der Waals surface area contributed by atoms with Crippen LogP contribution in [-0.2, 0) is 6.42 Å². The average Bonchev–Trinajstić information content (AvgIpc) is 2.33. The Labute approximate surface area is 120 Å². The van der Waals surface area contributed by atoms with Gasteiger partial charge in [-0.3, -0.25) is 0 Å². The highest BCUT2D eigenvalue weighted by molar-refractivity contribution is 7.99. The lowest BCUT2D eigenvalue weighted by Gasteiger charge is -2.46. The van der Waals surface area contributed by atoms with Gasteiger partial charge in [-0.25, -0.2) is 0 Å². The Morgan fingerprint density at radius 3 is 2.74 bits per heavy atom. The smallest absolute Gasteiger partial charge is 0.122 e. The second-order valence-electron chi connectivity index (χ2n) is 6.21. The first-order valence-electron chi connectivity index (χ1n) is 6.82. The van der Waals surface area contributed by atoms with Crippen LogP contribution in [-0.4, -0.2) is 29.3 Å². The summed E-state index contributed by atoms with van der Waals surface area (Å²) < 4.78 is 5.44. The highest BCUT2D eigenvalue weighted by Crippen LogP contribution is 2.45. The third kappa shape index (κ3) is 2.92. The number of ether oxygens (including phenoxy) is 1. The van der Waals surface area contributed by atoms with E-state index in [4.69, 9.17) is 4.74 Å². The fourth-order valence-corrected chi connectivity index (χ4v) is 4.28. The molecule has 106 valence electrons. The van der Waals surface area contributed by atoms with E-state index in [1.54, 1.807) is 7.11 Å². The molecule has 1 aromatic carbocycles. The summed E-state index contributed by atoms with van der Waals surface area (Å²) in [5, 5.41) is 11.1. The number of hydrogen-bond donors (Lipinski definition) is 1. The van der Waals surface area contributed by atoms with Crippen molar-refractivity contribution in [2.75, 3.05) is 18.6 Å². The normalized spacial score (nSPS) is 26.2. The van der Waals surface area contributed by atoms with E-state index in [1.807, 2.05) is 23.9 Å². The van der Waals surface area contributed by atoms with Gasteiger partial charge in [-0.05, 0) is 36.1 Å². The first kappa shape index (κ1) is 14.7. The summed E-state index contributed by atoms with van der Waals surface area (Å²) in [6.45, 7) is 6.43. The molecule has 0 radical (unpaired) electrons. The van der Waals surface area contributed by atoms with Gasteiger partial charge in [0.15, 0.2) is 0 Å². The Hall–Kier alpha value is -0.670. The first-order chi connectivity index (χ1) is 8.88. The zero-order valence-electron chi connectivity index (χ0n) is 12.3. The van der Waals surface area contributed by atoms with Crippen LogP contribution in [0.4, 0.5) is 0 Å². The van der Waals surface area contributed by atoms with Crippen molar-refractivity contribution in [1.82, 2.24) is 0 Å². The van der Waals surface area contributed by atoms with Crippen molar-refractivity contribution in [1.29, 1.82) is 0 Å². The molecule has 1 heterocycles. The van der Waals surface area contributed by atoms with Crippen molar-refractivity contribution in [3.63, 3.8) is 0 Å². The number of methoxy groups -OCH3 is 1. The second kappa shape index (κ2) is 5.37. The summed E-state index contributed by atoms with van der Waals surface area (Å²) in [7, 11) is 1.69. The van der Waals surface area contributed by atoms with E-state index in [0.29, 0.717) is 6.42 Å². The molecule has 1 aliphatic rings. The molecule has 2 rings (SSSR count). The number of hydrogen-bond acceptors (Lipinski definition) is 3. The lowest BCUT2D eigenvalue weighted by molar-refractivity contribution is -0.0516. The van der Waals surface area contributed by atoms with Crippen LogP contribution < -0.4 is 4.74 Å². The van der Waals surface area contributed by atoms with Gasteiger partial charge in [0.05, 0.1) is 12.7 Å². The molecule has 0 spiro atoms. The van der Waals surface area contributed by atoms with Crippen molar-refractivity contribution in [3.05, 3.63) is 29.3 Å². The largest absolute Gasteiger partial charge is 0.496 e. The number of benzene rings is 1. The Kier molecular flexibility index (Phi) is 4.17. The minimum Gasteiger partial charge on any atom is -0.496 e. The topological polar surface area (TPSA) is 29.5 Å². The van der Waals surface area contributed by atoms with E-state index in [2.05, 4.69) is 26.8 Å². The van der Waals surface area contributed by atoms with E-state index < -0.39 is 5.60 Å². The molecule has 0 aliphatic carbocycles. The number of rotatable bonds is 3. The highest BCUT2D eigenvalue weighted by atomic mass is 32.2. The summed E-state index contributed by atoms with van der Waals surface area (Å²) in [6.07, 6.45) is 1.72. The predicted octanol–water partition coefficient (Wildman–Crippen LogP) is 3.44. The Morgan fingerprint density at radius 1 is 1.37 bits per heavy atom. The molecule has 1 atom stereocenters. The standard InChI is InChI=1S/C16H24O2S/c1-12-5-6-14(18-4)13(9-12)10-16(17)11-19-8-7-15(16,2)3/h5-6,9,17H,7-8,10-11H2,1-4H3. The maximum Gasteiger partial charge on any atom is 0.122 e. The molecule has 3 heteroatoms. The van der Waals surface area contributed by atoms with E-state index in [1.165, 1.54) is 5.56 Å². The average molecular weight is 280 g/mol. The number of aliphatic hydroxyl groups is 1. The van der Waals surface area contributed by atoms with Crippen molar-refractivity contribution >= 4 is 11.8 Å². The minimum atomic E-state index is -0.656. The molecule has 0 saturated carbocycles. The van der Waals surface area contributed by atoms with Gasteiger partial charge >= 0.3 is 0 Å². The molecule has 1 aliphatic heterocycles. The summed E-state index contributed by atoms with van der Waals surface area (Å²) in [5.41, 5.74) is 1.62. The van der Waals surface area contributed by atoms with Crippen molar-refractivity contribution in [2.24, 2.45) is 5.41 Å². The molecule has 1 saturated heterocycles. The molecule has 1 fully saturated rings. The van der Waals surface area contributed by atoms with Gasteiger partial charge in [-0.15, -0.1) is 0 Å². The van der Waals surface area contributed by atoms with E-state index in [9.17, 15) is 5.11 Å². The molecule has 19 heavy (non-hydrogen) atoms. The molecule has 2 nitrogen and oxygen atoms in total. The Balaban J connectivity index is 2.31. The third-order valence-corrected chi connectivity index (χ3v) is 5.57. The van der Waals surface area contributed by atoms with Gasteiger partial charge in [0.2, 0.25) is 0 Å². The summed E-state index contributed by atoms with van der Waals surface area (Å²) in [5.74, 6) is 2.82. The Morgan fingerprint density at radius 2 is 2.11 bits per heavy atom. The fraction of sp³-hybridized carbons (Fsp3) is 0.625. The van der Waals surface area contributed by atoms with Crippen molar-refractivity contribution < 1.29 is 9.84 Å². The molecular weight excluding hydrogens is 256 g/mol. The van der Waals surface area contributed by atoms with Crippen molar-refractivity contribution in [2.45, 2.75) is 39.2 Å². The monoisotopic (exact) mass is 280 g/mol. The van der Waals surface area contributed by atoms with Gasteiger partial charge in [-0.2, -0.15) is 11.8 Å². The van der Waals surface area contributed by atoms with Crippen molar-refractivity contribution in [3.8, 4) is 5.75 Å². The molecule has 1 unspecified atom stereocenters. The van der Waals surface area contributed by atoms with Gasteiger partial charge < -0.3 is 9.84 Å².